The van der Waals surface area contributed by atoms with E-state index in [2.05, 4.69) is 25.1 Å². The number of halogens is 6. The predicted molar refractivity (Wildman–Crippen MR) is 91.6 cm³/mol. The number of ether oxygens (including phenoxy) is 1. The molecule has 0 fully saturated rings. The van der Waals surface area contributed by atoms with Crippen LogP contribution in [0.15, 0.2) is 30.6 Å². The number of nitrogens with one attached hydrogen (secondary N) is 1. The van der Waals surface area contributed by atoms with Gasteiger partial charge in [0.1, 0.15) is 17.8 Å². The van der Waals surface area contributed by atoms with Gasteiger partial charge in [-0.25, -0.2) is 18.2 Å². The molecule has 30 heavy (non-hydrogen) atoms. The number of fused-ring (bicyclic) bond motifs is 1. The van der Waals surface area contributed by atoms with Crippen molar-refractivity contribution in [3.63, 3.8) is 0 Å². The second-order valence-corrected chi connectivity index (χ2v) is 6.68. The van der Waals surface area contributed by atoms with Gasteiger partial charge in [-0.1, -0.05) is 6.07 Å². The Morgan fingerprint density at radius 3 is 2.60 bits per heavy atom. The van der Waals surface area contributed by atoms with Gasteiger partial charge in [-0.15, -0.1) is 13.2 Å². The van der Waals surface area contributed by atoms with Crippen LogP contribution in [0.5, 0.6) is 5.75 Å². The molecule has 2 aromatic heterocycles. The van der Waals surface area contributed by atoms with Gasteiger partial charge in [0.25, 0.3) is 12.2 Å². The summed E-state index contributed by atoms with van der Waals surface area (Å²) >= 11 is 0. The standard InChI is InChI=1S/C17H15F6N5O2/c1-16(29,6-9-2-3-12(10(18)4-9)30-17(21,22)23)7-24-13-5-11(14(19)20)27-15-25-8-26-28(13)15/h2-5,8,14,24,29H,6-7H2,1H3/t16-/m1/s1. The van der Waals surface area contributed by atoms with Crippen molar-refractivity contribution in [2.24, 2.45) is 0 Å². The Hall–Kier alpha value is -3.09. The van der Waals surface area contributed by atoms with Crippen LogP contribution in [0.1, 0.15) is 24.6 Å². The molecule has 3 rings (SSSR count). The zero-order chi connectivity index (χ0) is 22.1. The highest BCUT2D eigenvalue weighted by molar-refractivity contribution is 5.45. The minimum Gasteiger partial charge on any atom is -0.403 e. The van der Waals surface area contributed by atoms with E-state index in [-0.39, 0.29) is 30.1 Å². The van der Waals surface area contributed by atoms with Gasteiger partial charge in [-0.2, -0.15) is 14.6 Å². The Kier molecular flexibility index (Phi) is 5.74. The largest absolute Gasteiger partial charge is 0.573 e. The molecule has 7 nitrogen and oxygen atoms in total. The van der Waals surface area contributed by atoms with Crippen molar-refractivity contribution in [2.75, 3.05) is 11.9 Å². The Labute approximate surface area is 165 Å². The van der Waals surface area contributed by atoms with Crippen molar-refractivity contribution in [3.8, 4) is 5.75 Å². The maximum atomic E-state index is 13.8. The summed E-state index contributed by atoms with van der Waals surface area (Å²) in [7, 11) is 0. The monoisotopic (exact) mass is 435 g/mol. The third-order valence-electron chi connectivity index (χ3n) is 3.95. The molecule has 0 aliphatic heterocycles. The Morgan fingerprint density at radius 1 is 1.23 bits per heavy atom. The van der Waals surface area contributed by atoms with Crippen LogP contribution < -0.4 is 10.1 Å². The topological polar surface area (TPSA) is 84.6 Å². The zero-order valence-corrected chi connectivity index (χ0v) is 15.3. The number of anilines is 1. The number of aliphatic hydroxyl groups is 1. The van der Waals surface area contributed by atoms with Crippen molar-refractivity contribution < 1.29 is 36.2 Å². The summed E-state index contributed by atoms with van der Waals surface area (Å²) in [6.45, 7) is 1.20. The van der Waals surface area contributed by atoms with E-state index in [4.69, 9.17) is 0 Å². The average molecular weight is 435 g/mol. The molecular formula is C17H15F6N5O2. The number of alkyl halides is 5. The number of hydrogen-bond donors (Lipinski definition) is 2. The molecule has 0 aliphatic rings. The van der Waals surface area contributed by atoms with Crippen molar-refractivity contribution in [1.29, 1.82) is 0 Å². The second-order valence-electron chi connectivity index (χ2n) is 6.68. The summed E-state index contributed by atoms with van der Waals surface area (Å²) in [6.07, 6.45) is -6.93. The van der Waals surface area contributed by atoms with Gasteiger partial charge >= 0.3 is 6.36 Å². The number of rotatable bonds is 7. The summed E-state index contributed by atoms with van der Waals surface area (Å²) in [4.78, 5) is 7.40. The van der Waals surface area contributed by atoms with Crippen LogP contribution in [0.25, 0.3) is 5.78 Å². The van der Waals surface area contributed by atoms with Gasteiger partial charge in [0, 0.05) is 19.0 Å². The number of nitrogens with zero attached hydrogens (tertiary/aromatic N) is 4. The highest BCUT2D eigenvalue weighted by atomic mass is 19.4. The number of benzene rings is 1. The quantitative estimate of drug-likeness (QED) is 0.553. The average Bonchev–Trinajstić information content (AvgIpc) is 3.09. The van der Waals surface area contributed by atoms with Gasteiger partial charge in [0.05, 0.1) is 5.60 Å². The fourth-order valence-electron chi connectivity index (χ4n) is 2.71. The molecule has 0 saturated heterocycles. The van der Waals surface area contributed by atoms with Crippen LogP contribution in [0.4, 0.5) is 32.2 Å². The molecular weight excluding hydrogens is 420 g/mol. The van der Waals surface area contributed by atoms with Gasteiger partial charge in [0.15, 0.2) is 11.6 Å². The molecule has 2 N–H and O–H groups in total. The van der Waals surface area contributed by atoms with E-state index in [1.165, 1.54) is 13.0 Å². The summed E-state index contributed by atoms with van der Waals surface area (Å²) in [6, 6.07) is 3.84. The first kappa shape index (κ1) is 21.6. The third kappa shape index (κ3) is 5.28. The van der Waals surface area contributed by atoms with Crippen LogP contribution >= 0.6 is 0 Å². The van der Waals surface area contributed by atoms with Crippen molar-refractivity contribution in [3.05, 3.63) is 47.7 Å². The SMILES string of the molecule is C[C@](O)(CNc1cc(C(F)F)nc2ncnn12)Cc1ccc(OC(F)(F)F)c(F)c1. The molecule has 0 spiro atoms. The number of hydrogen-bond acceptors (Lipinski definition) is 6. The lowest BCUT2D eigenvalue weighted by molar-refractivity contribution is -0.275. The highest BCUT2D eigenvalue weighted by Crippen LogP contribution is 2.27. The van der Waals surface area contributed by atoms with Gasteiger partial charge in [-0.05, 0) is 24.6 Å². The molecule has 0 radical (unpaired) electrons. The molecule has 162 valence electrons. The fraction of sp³-hybridized carbons (Fsp3) is 0.353. The van der Waals surface area contributed by atoms with E-state index in [1.807, 2.05) is 0 Å². The maximum absolute atomic E-state index is 13.8. The molecule has 1 atom stereocenters. The molecule has 0 aliphatic carbocycles. The Bertz CT molecular complexity index is 1040. The van der Waals surface area contributed by atoms with E-state index in [1.54, 1.807) is 0 Å². The van der Waals surface area contributed by atoms with Gasteiger partial charge in [0.2, 0.25) is 0 Å². The highest BCUT2D eigenvalue weighted by Gasteiger charge is 2.32. The first-order valence-corrected chi connectivity index (χ1v) is 8.43. The summed E-state index contributed by atoms with van der Waals surface area (Å²) < 4.78 is 81.2. The predicted octanol–water partition coefficient (Wildman–Crippen LogP) is 3.51. The van der Waals surface area contributed by atoms with E-state index in [0.29, 0.717) is 0 Å². The van der Waals surface area contributed by atoms with Crippen LogP contribution in [-0.2, 0) is 6.42 Å². The van der Waals surface area contributed by atoms with E-state index >= 15 is 0 Å². The molecule has 0 amide bonds. The lowest BCUT2D eigenvalue weighted by Crippen LogP contribution is -2.36. The molecule has 0 bridgehead atoms. The van der Waals surface area contributed by atoms with E-state index < -0.39 is 35.6 Å². The van der Waals surface area contributed by atoms with Crippen molar-refractivity contribution >= 4 is 11.6 Å². The van der Waals surface area contributed by atoms with Crippen LogP contribution in [0.2, 0.25) is 0 Å². The maximum Gasteiger partial charge on any atom is 0.573 e. The fourth-order valence-corrected chi connectivity index (χ4v) is 2.71. The van der Waals surface area contributed by atoms with Crippen molar-refractivity contribution in [1.82, 2.24) is 19.6 Å². The van der Waals surface area contributed by atoms with Crippen molar-refractivity contribution in [2.45, 2.75) is 31.7 Å². The minimum absolute atomic E-state index is 0.0720. The normalized spacial score (nSPS) is 14.2. The number of aromatic nitrogens is 4. The Morgan fingerprint density at radius 2 is 1.97 bits per heavy atom. The smallest absolute Gasteiger partial charge is 0.403 e. The van der Waals surface area contributed by atoms with Crippen LogP contribution in [0.3, 0.4) is 0 Å². The minimum atomic E-state index is -5.04. The molecule has 0 saturated carbocycles. The summed E-state index contributed by atoms with van der Waals surface area (Å²) in [5.41, 5.74) is -1.87. The lowest BCUT2D eigenvalue weighted by atomic mass is 9.96. The zero-order valence-electron chi connectivity index (χ0n) is 15.3. The third-order valence-corrected chi connectivity index (χ3v) is 3.95. The molecule has 3 aromatic rings. The van der Waals surface area contributed by atoms with Crippen LogP contribution in [0, 0.1) is 5.82 Å². The van der Waals surface area contributed by atoms with E-state index in [9.17, 15) is 31.4 Å². The summed E-state index contributed by atoms with van der Waals surface area (Å²) in [5.74, 6) is -2.21. The first-order valence-electron chi connectivity index (χ1n) is 8.43. The first-order chi connectivity index (χ1) is 13.9. The molecule has 1 aromatic carbocycles. The van der Waals surface area contributed by atoms with Gasteiger partial charge < -0.3 is 15.2 Å². The lowest BCUT2D eigenvalue weighted by Gasteiger charge is -2.25. The van der Waals surface area contributed by atoms with Crippen LogP contribution in [-0.4, -0.2) is 43.2 Å². The summed E-state index contributed by atoms with van der Waals surface area (Å²) in [5, 5.41) is 17.2. The molecule has 0 unspecified atom stereocenters. The Balaban J connectivity index is 1.72. The second kappa shape index (κ2) is 7.97. The molecule has 13 heteroatoms. The van der Waals surface area contributed by atoms with E-state index in [0.717, 1.165) is 29.0 Å². The molecule has 2 heterocycles. The van der Waals surface area contributed by atoms with Gasteiger partial charge in [-0.3, -0.25) is 0 Å².